The molecule has 0 aliphatic carbocycles. The molecule has 0 saturated carbocycles. The molecule has 20 heavy (non-hydrogen) atoms. The number of alkyl halides is 3. The van der Waals surface area contributed by atoms with Crippen molar-refractivity contribution >= 4 is 0 Å². The fourth-order valence-corrected chi connectivity index (χ4v) is 2.13. The van der Waals surface area contributed by atoms with Gasteiger partial charge >= 0.3 is 6.18 Å². The predicted molar refractivity (Wildman–Crippen MR) is 70.1 cm³/mol. The molecule has 0 N–H and O–H groups in total. The summed E-state index contributed by atoms with van der Waals surface area (Å²) >= 11 is 0. The van der Waals surface area contributed by atoms with E-state index in [1.54, 1.807) is 54.6 Å². The number of hydrogen-bond acceptors (Lipinski definition) is 1. The lowest BCUT2D eigenvalue weighted by Crippen LogP contribution is -2.15. The van der Waals surface area contributed by atoms with Crippen molar-refractivity contribution in [1.29, 1.82) is 5.26 Å². The quantitative estimate of drug-likeness (QED) is 0.800. The SMILES string of the molecule is N#Cc1ccc([C@@H](CC(F)(F)F)c2ccccc2)cc1. The summed E-state index contributed by atoms with van der Waals surface area (Å²) in [4.78, 5) is 0. The first-order valence-electron chi connectivity index (χ1n) is 6.11. The van der Waals surface area contributed by atoms with Crippen LogP contribution in [-0.2, 0) is 0 Å². The Balaban J connectivity index is 2.38. The Hall–Kier alpha value is -2.28. The maximum atomic E-state index is 12.8. The zero-order valence-corrected chi connectivity index (χ0v) is 10.6. The zero-order valence-electron chi connectivity index (χ0n) is 10.6. The summed E-state index contributed by atoms with van der Waals surface area (Å²) < 4.78 is 38.3. The topological polar surface area (TPSA) is 23.8 Å². The molecule has 0 aliphatic rings. The third-order valence-corrected chi connectivity index (χ3v) is 3.08. The van der Waals surface area contributed by atoms with Crippen LogP contribution in [0.15, 0.2) is 54.6 Å². The molecule has 0 unspecified atom stereocenters. The first-order valence-corrected chi connectivity index (χ1v) is 6.11. The van der Waals surface area contributed by atoms with E-state index in [0.29, 0.717) is 16.7 Å². The summed E-state index contributed by atoms with van der Waals surface area (Å²) in [6.07, 6.45) is -5.16. The zero-order chi connectivity index (χ0) is 14.6. The van der Waals surface area contributed by atoms with E-state index >= 15 is 0 Å². The smallest absolute Gasteiger partial charge is 0.192 e. The monoisotopic (exact) mass is 275 g/mol. The van der Waals surface area contributed by atoms with Gasteiger partial charge in [0.25, 0.3) is 0 Å². The summed E-state index contributed by atoms with van der Waals surface area (Å²) in [5, 5.41) is 8.74. The van der Waals surface area contributed by atoms with Crippen LogP contribution in [0.1, 0.15) is 29.0 Å². The molecule has 1 nitrogen and oxygen atoms in total. The van der Waals surface area contributed by atoms with Gasteiger partial charge in [-0.2, -0.15) is 18.4 Å². The number of hydrogen-bond donors (Lipinski definition) is 0. The second kappa shape index (κ2) is 5.79. The summed E-state index contributed by atoms with van der Waals surface area (Å²) in [7, 11) is 0. The van der Waals surface area contributed by atoms with Gasteiger partial charge < -0.3 is 0 Å². The summed E-state index contributed by atoms with van der Waals surface area (Å²) in [6.45, 7) is 0. The number of rotatable bonds is 3. The molecule has 1 atom stereocenters. The molecular weight excluding hydrogens is 263 g/mol. The molecule has 0 spiro atoms. The van der Waals surface area contributed by atoms with Gasteiger partial charge in [-0.25, -0.2) is 0 Å². The highest BCUT2D eigenvalue weighted by molar-refractivity contribution is 5.37. The van der Waals surface area contributed by atoms with Crippen LogP contribution in [0, 0.1) is 11.3 Å². The molecule has 0 saturated heterocycles. The molecule has 0 bridgehead atoms. The van der Waals surface area contributed by atoms with Crippen LogP contribution >= 0.6 is 0 Å². The van der Waals surface area contributed by atoms with Crippen molar-refractivity contribution in [3.63, 3.8) is 0 Å². The Morgan fingerprint density at radius 1 is 0.900 bits per heavy atom. The van der Waals surface area contributed by atoms with Crippen molar-refractivity contribution in [1.82, 2.24) is 0 Å². The molecule has 0 heterocycles. The molecule has 0 aromatic heterocycles. The molecule has 0 aliphatic heterocycles. The highest BCUT2D eigenvalue weighted by Crippen LogP contribution is 2.35. The third kappa shape index (κ3) is 3.61. The normalized spacial score (nSPS) is 12.7. The van der Waals surface area contributed by atoms with Gasteiger partial charge in [0.05, 0.1) is 18.1 Å². The second-order valence-corrected chi connectivity index (χ2v) is 4.52. The van der Waals surface area contributed by atoms with Gasteiger partial charge in [0.15, 0.2) is 0 Å². The van der Waals surface area contributed by atoms with E-state index < -0.39 is 18.5 Å². The molecule has 2 aromatic rings. The van der Waals surface area contributed by atoms with Gasteiger partial charge in [-0.3, -0.25) is 0 Å². The van der Waals surface area contributed by atoms with Crippen LogP contribution in [0.25, 0.3) is 0 Å². The van der Waals surface area contributed by atoms with E-state index in [-0.39, 0.29) is 0 Å². The van der Waals surface area contributed by atoms with Crippen molar-refractivity contribution in [2.45, 2.75) is 18.5 Å². The van der Waals surface area contributed by atoms with Crippen LogP contribution < -0.4 is 0 Å². The predicted octanol–water partition coefficient (Wildman–Crippen LogP) is 4.64. The fourth-order valence-electron chi connectivity index (χ4n) is 2.13. The molecule has 2 aromatic carbocycles. The molecule has 102 valence electrons. The summed E-state index contributed by atoms with van der Waals surface area (Å²) in [5.41, 5.74) is 1.62. The van der Waals surface area contributed by atoms with Crippen LogP contribution in [0.2, 0.25) is 0 Å². The number of nitriles is 1. The first kappa shape index (κ1) is 14.1. The van der Waals surface area contributed by atoms with Crippen molar-refractivity contribution < 1.29 is 13.2 Å². The third-order valence-electron chi connectivity index (χ3n) is 3.08. The average molecular weight is 275 g/mol. The van der Waals surface area contributed by atoms with Gasteiger partial charge in [0, 0.05) is 5.92 Å². The summed E-state index contributed by atoms with van der Waals surface area (Å²) in [5.74, 6) is -0.746. The molecule has 4 heteroatoms. The van der Waals surface area contributed by atoms with Crippen LogP contribution in [0.3, 0.4) is 0 Å². The van der Waals surface area contributed by atoms with Crippen molar-refractivity contribution in [3.05, 3.63) is 71.3 Å². The van der Waals surface area contributed by atoms with E-state index in [1.165, 1.54) is 0 Å². The standard InChI is InChI=1S/C16H12F3N/c17-16(18,19)10-15(13-4-2-1-3-5-13)14-8-6-12(11-20)7-9-14/h1-9,15H,10H2/t15-/m0/s1. The fraction of sp³-hybridized carbons (Fsp3) is 0.188. The lowest BCUT2D eigenvalue weighted by atomic mass is 9.88. The van der Waals surface area contributed by atoms with Gasteiger partial charge in [-0.1, -0.05) is 42.5 Å². The van der Waals surface area contributed by atoms with Crippen LogP contribution in [-0.4, -0.2) is 6.18 Å². The van der Waals surface area contributed by atoms with E-state index in [1.807, 2.05) is 6.07 Å². The Morgan fingerprint density at radius 3 is 1.95 bits per heavy atom. The minimum absolute atomic E-state index is 0.438. The van der Waals surface area contributed by atoms with Crippen LogP contribution in [0.5, 0.6) is 0 Å². The Labute approximate surface area is 115 Å². The largest absolute Gasteiger partial charge is 0.390 e. The maximum Gasteiger partial charge on any atom is 0.390 e. The Bertz CT molecular complexity index is 594. The highest BCUT2D eigenvalue weighted by Gasteiger charge is 2.33. The van der Waals surface area contributed by atoms with Gasteiger partial charge in [-0.15, -0.1) is 0 Å². The number of benzene rings is 2. The molecule has 0 radical (unpaired) electrons. The molecule has 0 fully saturated rings. The maximum absolute atomic E-state index is 12.8. The first-order chi connectivity index (χ1) is 9.49. The Kier molecular flexibility index (Phi) is 4.09. The van der Waals surface area contributed by atoms with Gasteiger partial charge in [0.2, 0.25) is 0 Å². The number of halogens is 3. The van der Waals surface area contributed by atoms with E-state index in [2.05, 4.69) is 0 Å². The minimum Gasteiger partial charge on any atom is -0.192 e. The lowest BCUT2D eigenvalue weighted by molar-refractivity contribution is -0.136. The molecule has 2 rings (SSSR count). The molecular formula is C16H12F3N. The van der Waals surface area contributed by atoms with E-state index in [4.69, 9.17) is 5.26 Å². The lowest BCUT2D eigenvalue weighted by Gasteiger charge is -2.19. The van der Waals surface area contributed by atoms with Crippen LogP contribution in [0.4, 0.5) is 13.2 Å². The van der Waals surface area contributed by atoms with Crippen molar-refractivity contribution in [2.75, 3.05) is 0 Å². The van der Waals surface area contributed by atoms with Gasteiger partial charge in [-0.05, 0) is 23.3 Å². The molecule has 0 amide bonds. The number of nitrogens with zero attached hydrogens (tertiary/aromatic N) is 1. The highest BCUT2D eigenvalue weighted by atomic mass is 19.4. The summed E-state index contributed by atoms with van der Waals surface area (Å²) in [6, 6.07) is 16.8. The second-order valence-electron chi connectivity index (χ2n) is 4.52. The van der Waals surface area contributed by atoms with Gasteiger partial charge in [0.1, 0.15) is 0 Å². The van der Waals surface area contributed by atoms with Crippen molar-refractivity contribution in [3.8, 4) is 6.07 Å². The van der Waals surface area contributed by atoms with Crippen molar-refractivity contribution in [2.24, 2.45) is 0 Å². The Morgan fingerprint density at radius 2 is 1.45 bits per heavy atom. The average Bonchev–Trinajstić information content (AvgIpc) is 2.45. The van der Waals surface area contributed by atoms with E-state index in [0.717, 1.165) is 0 Å². The van der Waals surface area contributed by atoms with E-state index in [9.17, 15) is 13.2 Å². The minimum atomic E-state index is -4.24.